The monoisotopic (exact) mass is 214 g/mol. The Hall–Kier alpha value is -0.610. The molecule has 0 radical (unpaired) electrons. The van der Waals surface area contributed by atoms with Crippen LogP contribution in [-0.2, 0) is 9.53 Å². The minimum atomic E-state index is 0.211. The Bertz CT molecular complexity index is 189. The minimum absolute atomic E-state index is 0.211. The van der Waals surface area contributed by atoms with E-state index in [2.05, 4.69) is 0 Å². The number of nitrogens with two attached hydrogens (primary N) is 1. The van der Waals surface area contributed by atoms with Gasteiger partial charge in [-0.25, -0.2) is 0 Å². The number of piperidine rings is 1. The predicted molar refractivity (Wildman–Crippen MR) is 59.5 cm³/mol. The Morgan fingerprint density at radius 3 is 2.67 bits per heavy atom. The lowest BCUT2D eigenvalue weighted by molar-refractivity contribution is -0.132. The molecular weight excluding hydrogens is 192 g/mol. The molecule has 1 heterocycles. The lowest BCUT2D eigenvalue weighted by Gasteiger charge is -2.31. The van der Waals surface area contributed by atoms with Crippen LogP contribution in [0.3, 0.4) is 0 Å². The molecule has 1 aliphatic heterocycles. The summed E-state index contributed by atoms with van der Waals surface area (Å²) < 4.78 is 5.06. The van der Waals surface area contributed by atoms with Crippen molar-refractivity contribution < 1.29 is 9.53 Å². The number of ether oxygens (including phenoxy) is 1. The summed E-state index contributed by atoms with van der Waals surface area (Å²) in [6.45, 7) is 3.09. The van der Waals surface area contributed by atoms with Crippen LogP contribution in [0.2, 0.25) is 0 Å². The second-order valence-corrected chi connectivity index (χ2v) is 4.14. The van der Waals surface area contributed by atoms with Crippen LogP contribution in [0, 0.1) is 5.92 Å². The Labute approximate surface area is 91.8 Å². The standard InChI is InChI=1S/C11H22N2O2/c1-15-9-5-10-3-7-13(8-4-10)11(14)2-6-12/h10H,2-9,12H2,1H3. The molecule has 0 aromatic heterocycles. The Morgan fingerprint density at radius 1 is 1.47 bits per heavy atom. The number of likely N-dealkylation sites (tertiary alicyclic amines) is 1. The topological polar surface area (TPSA) is 55.6 Å². The van der Waals surface area contributed by atoms with Gasteiger partial charge >= 0.3 is 0 Å². The van der Waals surface area contributed by atoms with Gasteiger partial charge in [0.05, 0.1) is 0 Å². The average molecular weight is 214 g/mol. The Balaban J connectivity index is 2.20. The smallest absolute Gasteiger partial charge is 0.223 e. The van der Waals surface area contributed by atoms with E-state index < -0.39 is 0 Å². The highest BCUT2D eigenvalue weighted by Gasteiger charge is 2.21. The van der Waals surface area contributed by atoms with Gasteiger partial charge in [-0.1, -0.05) is 0 Å². The summed E-state index contributed by atoms with van der Waals surface area (Å²) in [5, 5.41) is 0. The van der Waals surface area contributed by atoms with E-state index in [9.17, 15) is 4.79 Å². The van der Waals surface area contributed by atoms with Gasteiger partial charge < -0.3 is 15.4 Å². The molecule has 1 rings (SSSR count). The van der Waals surface area contributed by atoms with Crippen molar-refractivity contribution in [3.05, 3.63) is 0 Å². The first-order valence-electron chi connectivity index (χ1n) is 5.74. The molecule has 0 aromatic carbocycles. The minimum Gasteiger partial charge on any atom is -0.385 e. The highest BCUT2D eigenvalue weighted by atomic mass is 16.5. The highest BCUT2D eigenvalue weighted by Crippen LogP contribution is 2.20. The largest absolute Gasteiger partial charge is 0.385 e. The van der Waals surface area contributed by atoms with Gasteiger partial charge in [-0.3, -0.25) is 4.79 Å². The number of nitrogens with zero attached hydrogens (tertiary/aromatic N) is 1. The van der Waals surface area contributed by atoms with E-state index in [0.29, 0.717) is 13.0 Å². The summed E-state index contributed by atoms with van der Waals surface area (Å²) in [5.41, 5.74) is 5.37. The van der Waals surface area contributed by atoms with Gasteiger partial charge in [0.1, 0.15) is 0 Å². The SMILES string of the molecule is COCCC1CCN(C(=O)CCN)CC1. The van der Waals surface area contributed by atoms with Crippen LogP contribution >= 0.6 is 0 Å². The number of methoxy groups -OCH3 is 1. The van der Waals surface area contributed by atoms with Crippen LogP contribution in [0.15, 0.2) is 0 Å². The van der Waals surface area contributed by atoms with Crippen LogP contribution in [0.25, 0.3) is 0 Å². The fourth-order valence-corrected chi connectivity index (χ4v) is 2.04. The van der Waals surface area contributed by atoms with E-state index in [1.807, 2.05) is 4.90 Å². The molecule has 0 unspecified atom stereocenters. The summed E-state index contributed by atoms with van der Waals surface area (Å²) >= 11 is 0. The molecule has 4 heteroatoms. The van der Waals surface area contributed by atoms with Crippen molar-refractivity contribution in [2.75, 3.05) is 33.4 Å². The van der Waals surface area contributed by atoms with Crippen LogP contribution in [0.4, 0.5) is 0 Å². The average Bonchev–Trinajstić information content (AvgIpc) is 2.27. The molecule has 15 heavy (non-hydrogen) atoms. The van der Waals surface area contributed by atoms with E-state index in [1.165, 1.54) is 0 Å². The first-order chi connectivity index (χ1) is 7.27. The number of amides is 1. The number of carbonyl (C=O) groups is 1. The van der Waals surface area contributed by atoms with Crippen LogP contribution in [0.1, 0.15) is 25.7 Å². The summed E-state index contributed by atoms with van der Waals surface area (Å²) in [6, 6.07) is 0. The zero-order valence-corrected chi connectivity index (χ0v) is 9.58. The fraction of sp³-hybridized carbons (Fsp3) is 0.909. The predicted octanol–water partition coefficient (Wildman–Crippen LogP) is 0.610. The summed E-state index contributed by atoms with van der Waals surface area (Å²) in [5.74, 6) is 0.939. The van der Waals surface area contributed by atoms with Crippen molar-refractivity contribution in [2.45, 2.75) is 25.7 Å². The van der Waals surface area contributed by atoms with Gasteiger partial charge in [0, 0.05) is 39.8 Å². The molecule has 0 spiro atoms. The van der Waals surface area contributed by atoms with E-state index in [0.717, 1.165) is 44.9 Å². The van der Waals surface area contributed by atoms with E-state index in [4.69, 9.17) is 10.5 Å². The third-order valence-corrected chi connectivity index (χ3v) is 3.06. The molecule has 1 fully saturated rings. The number of carbonyl (C=O) groups excluding carboxylic acids is 1. The first kappa shape index (κ1) is 12.5. The molecule has 2 N–H and O–H groups in total. The molecule has 0 atom stereocenters. The molecule has 4 nitrogen and oxygen atoms in total. The van der Waals surface area contributed by atoms with Crippen LogP contribution in [0.5, 0.6) is 0 Å². The lowest BCUT2D eigenvalue weighted by Crippen LogP contribution is -2.39. The molecule has 0 aliphatic carbocycles. The van der Waals surface area contributed by atoms with Crippen molar-refractivity contribution in [1.29, 1.82) is 0 Å². The van der Waals surface area contributed by atoms with Gasteiger partial charge in [0.2, 0.25) is 5.91 Å². The maximum Gasteiger partial charge on any atom is 0.223 e. The Kier molecular flexibility index (Phi) is 5.65. The number of hydrogen-bond acceptors (Lipinski definition) is 3. The van der Waals surface area contributed by atoms with Crippen molar-refractivity contribution in [3.8, 4) is 0 Å². The maximum absolute atomic E-state index is 11.5. The van der Waals surface area contributed by atoms with Gasteiger partial charge in [-0.2, -0.15) is 0 Å². The van der Waals surface area contributed by atoms with Crippen molar-refractivity contribution in [1.82, 2.24) is 4.90 Å². The zero-order valence-electron chi connectivity index (χ0n) is 9.58. The van der Waals surface area contributed by atoms with Crippen LogP contribution in [-0.4, -0.2) is 44.2 Å². The molecule has 0 aromatic rings. The molecular formula is C11H22N2O2. The zero-order chi connectivity index (χ0) is 11.1. The van der Waals surface area contributed by atoms with Crippen LogP contribution < -0.4 is 5.73 Å². The van der Waals surface area contributed by atoms with Gasteiger partial charge in [-0.15, -0.1) is 0 Å². The van der Waals surface area contributed by atoms with Gasteiger partial charge in [0.15, 0.2) is 0 Å². The van der Waals surface area contributed by atoms with E-state index >= 15 is 0 Å². The second-order valence-electron chi connectivity index (χ2n) is 4.14. The van der Waals surface area contributed by atoms with Gasteiger partial charge in [0.25, 0.3) is 0 Å². The maximum atomic E-state index is 11.5. The number of hydrogen-bond donors (Lipinski definition) is 1. The van der Waals surface area contributed by atoms with Gasteiger partial charge in [-0.05, 0) is 25.2 Å². The molecule has 1 amide bonds. The molecule has 88 valence electrons. The summed E-state index contributed by atoms with van der Waals surface area (Å²) in [7, 11) is 1.74. The molecule has 1 saturated heterocycles. The third-order valence-electron chi connectivity index (χ3n) is 3.06. The van der Waals surface area contributed by atoms with E-state index in [-0.39, 0.29) is 5.91 Å². The van der Waals surface area contributed by atoms with Crippen molar-refractivity contribution in [2.24, 2.45) is 11.7 Å². The van der Waals surface area contributed by atoms with Crippen molar-refractivity contribution >= 4 is 5.91 Å². The normalized spacial score (nSPS) is 18.1. The van der Waals surface area contributed by atoms with Crippen molar-refractivity contribution in [3.63, 3.8) is 0 Å². The second kappa shape index (κ2) is 6.80. The first-order valence-corrected chi connectivity index (χ1v) is 5.74. The lowest BCUT2D eigenvalue weighted by atomic mass is 9.94. The van der Waals surface area contributed by atoms with E-state index in [1.54, 1.807) is 7.11 Å². The molecule has 0 bridgehead atoms. The summed E-state index contributed by atoms with van der Waals surface area (Å²) in [6.07, 6.45) is 3.83. The molecule has 1 aliphatic rings. The Morgan fingerprint density at radius 2 is 2.13 bits per heavy atom. The summed E-state index contributed by atoms with van der Waals surface area (Å²) in [4.78, 5) is 13.5. The highest BCUT2D eigenvalue weighted by molar-refractivity contribution is 5.76. The fourth-order valence-electron chi connectivity index (χ4n) is 2.04. The molecule has 0 saturated carbocycles. The number of rotatable bonds is 5. The third kappa shape index (κ3) is 4.18. The quantitative estimate of drug-likeness (QED) is 0.729.